The molecule has 2 rings (SSSR count). The molecule has 0 bridgehead atoms. The van der Waals surface area contributed by atoms with Crippen molar-refractivity contribution in [2.24, 2.45) is 0 Å². The van der Waals surface area contributed by atoms with Gasteiger partial charge in [-0.05, 0) is 47.5 Å². The Bertz CT molecular complexity index is 702. The molecule has 0 amide bonds. The van der Waals surface area contributed by atoms with E-state index in [4.69, 9.17) is 0 Å². The van der Waals surface area contributed by atoms with Crippen LogP contribution in [0.5, 0.6) is 23.0 Å². The molecule has 0 atom stereocenters. The molecule has 0 saturated carbocycles. The topological polar surface area (TPSA) is 98.0 Å². The van der Waals surface area contributed by atoms with Crippen LogP contribution in [-0.2, 0) is 10.8 Å². The first-order valence-electron chi connectivity index (χ1n) is 6.25. The third-order valence-corrected chi connectivity index (χ3v) is 3.60. The van der Waals surface area contributed by atoms with Gasteiger partial charge in [0.1, 0.15) is 0 Å². The Morgan fingerprint density at radius 3 is 1.45 bits per heavy atom. The lowest BCUT2D eigenvalue weighted by molar-refractivity contribution is 0.403. The van der Waals surface area contributed by atoms with E-state index in [1.54, 1.807) is 24.3 Å². The molecule has 0 heterocycles. The summed E-state index contributed by atoms with van der Waals surface area (Å²) < 4.78 is 11.8. The first kappa shape index (κ1) is 15.7. The highest BCUT2D eigenvalue weighted by molar-refractivity contribution is 7.91. The SMILES string of the molecule is O=S(/C=C/c1ccc(O)c(O)c1)/C=C/c1ccc(O)c(O)c1. The smallest absolute Gasteiger partial charge is 0.157 e. The van der Waals surface area contributed by atoms with Crippen LogP contribution in [-0.4, -0.2) is 24.6 Å². The van der Waals surface area contributed by atoms with Gasteiger partial charge >= 0.3 is 0 Å². The molecule has 2 aromatic rings. The third-order valence-electron chi connectivity index (χ3n) is 2.79. The van der Waals surface area contributed by atoms with Crippen LogP contribution in [0.3, 0.4) is 0 Å². The van der Waals surface area contributed by atoms with Crippen molar-refractivity contribution in [3.63, 3.8) is 0 Å². The van der Waals surface area contributed by atoms with Gasteiger partial charge in [-0.2, -0.15) is 0 Å². The monoisotopic (exact) mass is 318 g/mol. The zero-order chi connectivity index (χ0) is 16.1. The number of benzene rings is 2. The van der Waals surface area contributed by atoms with E-state index >= 15 is 0 Å². The minimum atomic E-state index is -1.39. The Kier molecular flexibility index (Phi) is 4.85. The molecule has 0 unspecified atom stereocenters. The van der Waals surface area contributed by atoms with E-state index < -0.39 is 10.8 Å². The third kappa shape index (κ3) is 4.13. The second kappa shape index (κ2) is 6.82. The van der Waals surface area contributed by atoms with Gasteiger partial charge in [0.05, 0.1) is 10.8 Å². The fourth-order valence-corrected chi connectivity index (χ4v) is 2.30. The van der Waals surface area contributed by atoms with Crippen LogP contribution in [0.4, 0.5) is 0 Å². The van der Waals surface area contributed by atoms with E-state index in [1.165, 1.54) is 35.1 Å². The lowest BCUT2D eigenvalue weighted by Gasteiger charge is -1.98. The molecular formula is C16H14O5S. The summed E-state index contributed by atoms with van der Waals surface area (Å²) in [5.74, 6) is -0.929. The first-order valence-corrected chi connectivity index (χ1v) is 7.53. The summed E-state index contributed by atoms with van der Waals surface area (Å²) in [6, 6.07) is 8.53. The van der Waals surface area contributed by atoms with Crippen LogP contribution < -0.4 is 0 Å². The molecule has 2 aromatic carbocycles. The summed E-state index contributed by atoms with van der Waals surface area (Å²) in [6.07, 6.45) is 3.10. The van der Waals surface area contributed by atoms with Crippen molar-refractivity contribution in [1.82, 2.24) is 0 Å². The summed E-state index contributed by atoms with van der Waals surface area (Å²) in [4.78, 5) is 0. The lowest BCUT2D eigenvalue weighted by Crippen LogP contribution is -1.79. The summed E-state index contributed by atoms with van der Waals surface area (Å²) >= 11 is 0. The lowest BCUT2D eigenvalue weighted by atomic mass is 10.2. The number of aromatic hydroxyl groups is 4. The Balaban J connectivity index is 2.05. The quantitative estimate of drug-likeness (QED) is 0.650. The fourth-order valence-electron chi connectivity index (χ4n) is 1.62. The van der Waals surface area contributed by atoms with E-state index in [-0.39, 0.29) is 23.0 Å². The van der Waals surface area contributed by atoms with Gasteiger partial charge in [0.25, 0.3) is 0 Å². The van der Waals surface area contributed by atoms with Crippen LogP contribution in [0.25, 0.3) is 12.2 Å². The van der Waals surface area contributed by atoms with Crippen molar-refractivity contribution in [2.75, 3.05) is 0 Å². The van der Waals surface area contributed by atoms with Crippen LogP contribution in [0.2, 0.25) is 0 Å². The maximum absolute atomic E-state index is 11.8. The first-order chi connectivity index (χ1) is 10.5. The number of phenolic OH excluding ortho intramolecular Hbond substituents is 4. The van der Waals surface area contributed by atoms with E-state index in [0.717, 1.165) is 0 Å². The summed E-state index contributed by atoms with van der Waals surface area (Å²) in [5.41, 5.74) is 1.19. The van der Waals surface area contributed by atoms with E-state index in [1.807, 2.05) is 0 Å². The summed E-state index contributed by atoms with van der Waals surface area (Å²) in [7, 11) is -1.39. The average Bonchev–Trinajstić information content (AvgIpc) is 2.49. The number of rotatable bonds is 4. The van der Waals surface area contributed by atoms with E-state index in [2.05, 4.69) is 0 Å². The van der Waals surface area contributed by atoms with Crippen LogP contribution in [0.15, 0.2) is 47.2 Å². The Hall–Kier alpha value is -2.73. The molecule has 4 N–H and O–H groups in total. The van der Waals surface area contributed by atoms with E-state index in [9.17, 15) is 24.6 Å². The number of phenols is 4. The van der Waals surface area contributed by atoms with Gasteiger partial charge < -0.3 is 20.4 Å². The fraction of sp³-hybridized carbons (Fsp3) is 0. The molecule has 6 heteroatoms. The van der Waals surface area contributed by atoms with Crippen molar-refractivity contribution in [1.29, 1.82) is 0 Å². The molecule has 0 aliphatic heterocycles. The van der Waals surface area contributed by atoms with Gasteiger partial charge in [0.2, 0.25) is 0 Å². The molecule has 0 aromatic heterocycles. The maximum atomic E-state index is 11.8. The summed E-state index contributed by atoms with van der Waals surface area (Å²) in [6.45, 7) is 0. The van der Waals surface area contributed by atoms with Gasteiger partial charge in [-0.3, -0.25) is 4.21 Å². The predicted octanol–water partition coefficient (Wildman–Crippen LogP) is 2.90. The zero-order valence-corrected chi connectivity index (χ0v) is 12.2. The Morgan fingerprint density at radius 2 is 1.09 bits per heavy atom. The van der Waals surface area contributed by atoms with Gasteiger partial charge in [0.15, 0.2) is 23.0 Å². The molecular weight excluding hydrogens is 304 g/mol. The second-order valence-corrected chi connectivity index (χ2v) is 5.63. The minimum absolute atomic E-state index is 0.217. The van der Waals surface area contributed by atoms with Crippen LogP contribution in [0, 0.1) is 0 Å². The molecule has 0 aliphatic rings. The molecule has 5 nitrogen and oxygen atoms in total. The largest absolute Gasteiger partial charge is 0.504 e. The normalized spacial score (nSPS) is 11.7. The highest BCUT2D eigenvalue weighted by Crippen LogP contribution is 2.26. The summed E-state index contributed by atoms with van der Waals surface area (Å²) in [5, 5.41) is 39.9. The van der Waals surface area contributed by atoms with E-state index in [0.29, 0.717) is 11.1 Å². The highest BCUT2D eigenvalue weighted by Gasteiger charge is 1.99. The Morgan fingerprint density at radius 1 is 0.682 bits per heavy atom. The van der Waals surface area contributed by atoms with Crippen LogP contribution >= 0.6 is 0 Å². The zero-order valence-electron chi connectivity index (χ0n) is 11.4. The number of hydrogen-bond donors (Lipinski definition) is 4. The maximum Gasteiger partial charge on any atom is 0.157 e. The van der Waals surface area contributed by atoms with Gasteiger partial charge in [-0.1, -0.05) is 12.1 Å². The molecule has 0 spiro atoms. The average molecular weight is 318 g/mol. The molecule has 0 saturated heterocycles. The van der Waals surface area contributed by atoms with Crippen molar-refractivity contribution in [2.45, 2.75) is 0 Å². The minimum Gasteiger partial charge on any atom is -0.504 e. The molecule has 0 fully saturated rings. The van der Waals surface area contributed by atoms with Crippen molar-refractivity contribution in [3.05, 3.63) is 58.3 Å². The Labute approximate surface area is 129 Å². The van der Waals surface area contributed by atoms with Gasteiger partial charge in [-0.15, -0.1) is 0 Å². The molecule has 0 aliphatic carbocycles. The molecule has 22 heavy (non-hydrogen) atoms. The second-order valence-electron chi connectivity index (χ2n) is 4.43. The van der Waals surface area contributed by atoms with Crippen molar-refractivity contribution >= 4 is 23.0 Å². The van der Waals surface area contributed by atoms with Gasteiger partial charge in [0, 0.05) is 10.8 Å². The van der Waals surface area contributed by atoms with Crippen LogP contribution in [0.1, 0.15) is 11.1 Å². The highest BCUT2D eigenvalue weighted by atomic mass is 32.2. The van der Waals surface area contributed by atoms with Crippen molar-refractivity contribution < 1.29 is 24.6 Å². The van der Waals surface area contributed by atoms with Gasteiger partial charge in [-0.25, -0.2) is 0 Å². The standard InChI is InChI=1S/C16H14O5S/c17-13-3-1-11(9-15(13)19)5-7-22(21)8-6-12-2-4-14(18)16(20)10-12/h1-10,17-20H/b7-5+,8-6+. The molecule has 114 valence electrons. The predicted molar refractivity (Wildman–Crippen MR) is 85.8 cm³/mol. The molecule has 0 radical (unpaired) electrons. The number of hydrogen-bond acceptors (Lipinski definition) is 5. The van der Waals surface area contributed by atoms with Crippen molar-refractivity contribution in [3.8, 4) is 23.0 Å².